The van der Waals surface area contributed by atoms with Gasteiger partial charge in [-0.1, -0.05) is 30.3 Å². The monoisotopic (exact) mass is 426 g/mol. The van der Waals surface area contributed by atoms with E-state index in [1.54, 1.807) is 0 Å². The van der Waals surface area contributed by atoms with E-state index in [1.807, 2.05) is 4.72 Å². The average Bonchev–Trinajstić information content (AvgIpc) is 2.63. The van der Waals surface area contributed by atoms with Crippen molar-refractivity contribution in [3.63, 3.8) is 0 Å². The number of hydrogen-bond donors (Lipinski definition) is 3. The van der Waals surface area contributed by atoms with Crippen LogP contribution in [-0.2, 0) is 32.6 Å². The molecule has 0 saturated heterocycles. The molecule has 0 fully saturated rings. The lowest BCUT2D eigenvalue weighted by Crippen LogP contribution is -2.46. The molecule has 27 heavy (non-hydrogen) atoms. The van der Waals surface area contributed by atoms with E-state index in [9.17, 15) is 30.0 Å². The Morgan fingerprint density at radius 2 is 2.00 bits per heavy atom. The van der Waals surface area contributed by atoms with Crippen molar-refractivity contribution in [2.24, 2.45) is 5.14 Å². The maximum Gasteiger partial charge on any atom is 0.417 e. The van der Waals surface area contributed by atoms with Gasteiger partial charge in [-0.2, -0.15) is 17.9 Å². The number of alkyl halides is 3. The number of primary sulfonamides is 1. The van der Waals surface area contributed by atoms with E-state index in [0.717, 1.165) is 12.1 Å². The van der Waals surface area contributed by atoms with E-state index in [4.69, 9.17) is 12.0 Å². The first-order valence-electron chi connectivity index (χ1n) is 9.51. The molecule has 0 bridgehead atoms. The normalized spacial score (nSPS) is 22.4. The Labute approximate surface area is 160 Å². The molecule has 1 atom stereocenters. The first-order valence-corrected chi connectivity index (χ1v) is 10.0. The van der Waals surface area contributed by atoms with E-state index >= 15 is 0 Å². The molecule has 12 heteroatoms. The van der Waals surface area contributed by atoms with Crippen molar-refractivity contribution in [3.05, 3.63) is 53.5 Å². The van der Waals surface area contributed by atoms with Gasteiger partial charge in [0.25, 0.3) is 0 Å². The third-order valence-electron chi connectivity index (χ3n) is 3.46. The second kappa shape index (κ2) is 6.48. The van der Waals surface area contributed by atoms with Crippen LogP contribution in [0.25, 0.3) is 0 Å². The van der Waals surface area contributed by atoms with Gasteiger partial charge in [-0.3, -0.25) is 0 Å². The van der Waals surface area contributed by atoms with Gasteiger partial charge in [0.15, 0.2) is 0 Å². The summed E-state index contributed by atoms with van der Waals surface area (Å²) in [5.74, 6) is 0. The predicted octanol–water partition coefficient (Wildman–Crippen LogP) is 1.63. The van der Waals surface area contributed by atoms with Gasteiger partial charge in [0.1, 0.15) is 4.90 Å². The third kappa shape index (κ3) is 4.08. The highest BCUT2D eigenvalue weighted by atomic mass is 32.2. The summed E-state index contributed by atoms with van der Waals surface area (Å²) in [6.07, 6.45) is -9.95. The van der Waals surface area contributed by atoms with Crippen LogP contribution in [0.1, 0.15) is 18.0 Å². The van der Waals surface area contributed by atoms with Crippen molar-refractivity contribution in [3.8, 4) is 0 Å². The number of hydrogen-bond acceptors (Lipinski definition) is 5. The summed E-state index contributed by atoms with van der Waals surface area (Å²) in [6.45, 7) is 0. The van der Waals surface area contributed by atoms with E-state index in [1.165, 1.54) is 0 Å². The van der Waals surface area contributed by atoms with Crippen LogP contribution in [0.3, 0.4) is 0 Å². The SMILES string of the molecule is [2H]c1ccc(C([2H])([2H])C2Nc3cc(C(F)(F)F)c(S(N)(=O)=O)cc3S(=O)(=O)N2)c([2H])c1[2H]. The van der Waals surface area contributed by atoms with E-state index in [2.05, 4.69) is 5.32 Å². The predicted molar refractivity (Wildman–Crippen MR) is 90.7 cm³/mol. The molecule has 0 radical (unpaired) electrons. The summed E-state index contributed by atoms with van der Waals surface area (Å²) >= 11 is 0. The smallest absolute Gasteiger partial charge is 0.368 e. The molecule has 146 valence electrons. The third-order valence-corrected chi connectivity index (χ3v) is 5.87. The van der Waals surface area contributed by atoms with Crippen LogP contribution >= 0.6 is 0 Å². The Morgan fingerprint density at radius 1 is 1.30 bits per heavy atom. The van der Waals surface area contributed by atoms with Crippen LogP contribution in [0.2, 0.25) is 0 Å². The topological polar surface area (TPSA) is 118 Å². The number of nitrogens with two attached hydrogens (primary N) is 1. The molecule has 0 amide bonds. The molecule has 1 unspecified atom stereocenters. The minimum atomic E-state index is -5.24. The van der Waals surface area contributed by atoms with E-state index < -0.39 is 77.5 Å². The van der Waals surface area contributed by atoms with Gasteiger partial charge in [0.05, 0.1) is 26.4 Å². The van der Waals surface area contributed by atoms with Gasteiger partial charge in [0.2, 0.25) is 20.0 Å². The molecular formula is C15H14F3N3O4S2. The maximum absolute atomic E-state index is 13.4. The minimum Gasteiger partial charge on any atom is -0.368 e. The minimum absolute atomic E-state index is 0.195. The summed E-state index contributed by atoms with van der Waals surface area (Å²) in [7, 11) is -9.72. The molecular weight excluding hydrogens is 407 g/mol. The number of nitrogens with one attached hydrogen (secondary N) is 2. The Kier molecular flexibility index (Phi) is 3.34. The van der Waals surface area contributed by atoms with Crippen LogP contribution in [0.5, 0.6) is 0 Å². The van der Waals surface area contributed by atoms with Gasteiger partial charge in [-0.15, -0.1) is 0 Å². The van der Waals surface area contributed by atoms with Crippen molar-refractivity contribution >= 4 is 25.7 Å². The molecule has 1 heterocycles. The largest absolute Gasteiger partial charge is 0.417 e. The number of benzene rings is 2. The lowest BCUT2D eigenvalue weighted by molar-refractivity contribution is -0.139. The molecule has 0 aliphatic carbocycles. The second-order valence-electron chi connectivity index (χ2n) is 5.37. The highest BCUT2D eigenvalue weighted by Crippen LogP contribution is 2.39. The Hall–Kier alpha value is -2.15. The van der Waals surface area contributed by atoms with Crippen molar-refractivity contribution in [2.75, 3.05) is 5.32 Å². The van der Waals surface area contributed by atoms with Crippen LogP contribution in [-0.4, -0.2) is 23.0 Å². The molecule has 1 aliphatic heterocycles. The van der Waals surface area contributed by atoms with Crippen LogP contribution in [0, 0.1) is 0 Å². The molecule has 1 aliphatic rings. The Morgan fingerprint density at radius 3 is 2.63 bits per heavy atom. The zero-order valence-electron chi connectivity index (χ0n) is 18.0. The molecule has 0 spiro atoms. The van der Waals surface area contributed by atoms with Crippen molar-refractivity contribution in [1.82, 2.24) is 4.72 Å². The molecule has 3 rings (SSSR count). The number of sulfonamides is 2. The summed E-state index contributed by atoms with van der Waals surface area (Å²) < 4.78 is 130. The highest BCUT2D eigenvalue weighted by Gasteiger charge is 2.40. The summed E-state index contributed by atoms with van der Waals surface area (Å²) in [5, 5.41) is 7.07. The fraction of sp³-hybridized carbons (Fsp3) is 0.200. The van der Waals surface area contributed by atoms with Crippen molar-refractivity contribution < 1.29 is 36.9 Å². The van der Waals surface area contributed by atoms with Gasteiger partial charge in [0, 0.05) is 9.11 Å². The number of fused-ring (bicyclic) bond motifs is 1. The highest BCUT2D eigenvalue weighted by molar-refractivity contribution is 7.90. The molecule has 7 nitrogen and oxygen atoms in total. The van der Waals surface area contributed by atoms with Crippen LogP contribution in [0.4, 0.5) is 18.9 Å². The van der Waals surface area contributed by atoms with Gasteiger partial charge >= 0.3 is 6.18 Å². The average molecular weight is 426 g/mol. The number of halogens is 3. The molecule has 4 N–H and O–H groups in total. The molecule has 0 saturated carbocycles. The summed E-state index contributed by atoms with van der Waals surface area (Å²) in [6, 6.07) is 0.681. The zero-order valence-corrected chi connectivity index (χ0v) is 14.7. The van der Waals surface area contributed by atoms with E-state index in [0.29, 0.717) is 0 Å². The van der Waals surface area contributed by atoms with Gasteiger partial charge in [-0.25, -0.2) is 22.0 Å². The van der Waals surface area contributed by atoms with Gasteiger partial charge < -0.3 is 5.32 Å². The second-order valence-corrected chi connectivity index (χ2v) is 8.58. The lowest BCUT2D eigenvalue weighted by Gasteiger charge is -2.29. The quantitative estimate of drug-likeness (QED) is 0.689. The van der Waals surface area contributed by atoms with Crippen molar-refractivity contribution in [1.29, 1.82) is 0 Å². The van der Waals surface area contributed by atoms with Gasteiger partial charge in [-0.05, 0) is 17.7 Å². The number of anilines is 1. The first-order chi connectivity index (χ1) is 14.4. The summed E-state index contributed by atoms with van der Waals surface area (Å²) in [4.78, 5) is -2.38. The van der Waals surface area contributed by atoms with Crippen LogP contribution < -0.4 is 15.2 Å². The molecule has 2 aromatic carbocycles. The van der Waals surface area contributed by atoms with Crippen molar-refractivity contribution in [2.45, 2.75) is 28.5 Å². The fourth-order valence-electron chi connectivity index (χ4n) is 2.37. The van der Waals surface area contributed by atoms with Crippen LogP contribution in [0.15, 0.2) is 52.2 Å². The molecule has 0 aromatic heterocycles. The lowest BCUT2D eigenvalue weighted by atomic mass is 10.1. The Balaban J connectivity index is 2.21. The molecule has 2 aromatic rings. The van der Waals surface area contributed by atoms with E-state index in [-0.39, 0.29) is 18.2 Å². The maximum atomic E-state index is 13.4. The Bertz CT molecular complexity index is 1330. The first kappa shape index (κ1) is 13.9. The summed E-state index contributed by atoms with van der Waals surface area (Å²) in [5.41, 5.74) is -3.00. The number of rotatable bonds is 3. The zero-order chi connectivity index (χ0) is 24.4. The fourth-order valence-corrected chi connectivity index (χ4v) is 4.45. The standard InChI is InChI=1S/C15H14F3N3O4S2/c16-15(17,18)10-7-11-13(8-12(10)26(19,22)23)27(24,25)21-14(20-11)6-9-4-2-1-3-5-9/h1-5,7-8,14,20-21H,6H2,(H2,19,22,23)/i1D,2D,4D,6D2.